The molecule has 1 nitrogen and oxygen atoms in total. The maximum absolute atomic E-state index is 3.43. The van der Waals surface area contributed by atoms with Crippen molar-refractivity contribution >= 4 is 0 Å². The monoisotopic (exact) mass is 189 g/mol. The molecule has 1 saturated carbocycles. The van der Waals surface area contributed by atoms with Gasteiger partial charge < -0.3 is 5.32 Å². The minimum atomic E-state index is 0.480. The van der Waals surface area contributed by atoms with E-state index in [0.717, 1.165) is 12.5 Å². The van der Waals surface area contributed by atoms with Crippen molar-refractivity contribution in [3.8, 4) is 0 Å². The molecule has 1 fully saturated rings. The molecule has 0 bridgehead atoms. The minimum Gasteiger partial charge on any atom is -0.310 e. The summed E-state index contributed by atoms with van der Waals surface area (Å²) < 4.78 is 0. The average molecular weight is 189 g/mol. The van der Waals surface area contributed by atoms with Crippen LogP contribution in [-0.4, -0.2) is 6.54 Å². The molecule has 14 heavy (non-hydrogen) atoms. The van der Waals surface area contributed by atoms with Crippen LogP contribution in [0, 0.1) is 0 Å². The Hall–Kier alpha value is -0.820. The van der Waals surface area contributed by atoms with Crippen molar-refractivity contribution in [2.24, 2.45) is 0 Å². The molecule has 0 radical (unpaired) electrons. The van der Waals surface area contributed by atoms with Gasteiger partial charge in [0.2, 0.25) is 0 Å². The molecule has 2 rings (SSSR count). The van der Waals surface area contributed by atoms with Crippen molar-refractivity contribution in [2.75, 3.05) is 6.54 Å². The van der Waals surface area contributed by atoms with Gasteiger partial charge in [-0.2, -0.15) is 0 Å². The first-order valence-corrected chi connectivity index (χ1v) is 5.64. The quantitative estimate of drug-likeness (QED) is 0.766. The highest BCUT2D eigenvalue weighted by Gasteiger charge is 2.23. The fraction of sp³-hybridized carbons (Fsp3) is 0.538. The van der Waals surface area contributed by atoms with E-state index in [1.54, 1.807) is 0 Å². The smallest absolute Gasteiger partial charge is 0.0291 e. The van der Waals surface area contributed by atoms with Gasteiger partial charge in [0.05, 0.1) is 0 Å². The lowest BCUT2D eigenvalue weighted by Crippen LogP contribution is -2.17. The topological polar surface area (TPSA) is 12.0 Å². The van der Waals surface area contributed by atoms with Gasteiger partial charge in [-0.15, -0.1) is 0 Å². The second-order valence-electron chi connectivity index (χ2n) is 4.22. The molecule has 1 aliphatic carbocycles. The summed E-state index contributed by atoms with van der Waals surface area (Å²) in [4.78, 5) is 0. The van der Waals surface area contributed by atoms with Gasteiger partial charge in [0.15, 0.2) is 0 Å². The standard InChI is InChI=1S/C13H19N/c1-3-14-10(2)11-4-6-12(7-5-11)13-8-9-13/h4-7,10,13-14H,3,8-9H2,1-2H3. The second kappa shape index (κ2) is 4.14. The summed E-state index contributed by atoms with van der Waals surface area (Å²) in [6, 6.07) is 9.59. The summed E-state index contributed by atoms with van der Waals surface area (Å²) >= 11 is 0. The highest BCUT2D eigenvalue weighted by Crippen LogP contribution is 2.40. The minimum absolute atomic E-state index is 0.480. The molecule has 1 aromatic carbocycles. The molecule has 1 N–H and O–H groups in total. The van der Waals surface area contributed by atoms with Crippen LogP contribution >= 0.6 is 0 Å². The second-order valence-corrected chi connectivity index (χ2v) is 4.22. The van der Waals surface area contributed by atoms with Crippen LogP contribution in [0.15, 0.2) is 24.3 Å². The van der Waals surface area contributed by atoms with Gasteiger partial charge in [-0.05, 0) is 43.4 Å². The van der Waals surface area contributed by atoms with Crippen LogP contribution in [0.25, 0.3) is 0 Å². The van der Waals surface area contributed by atoms with Crippen molar-refractivity contribution in [1.82, 2.24) is 5.32 Å². The Morgan fingerprint density at radius 2 is 1.93 bits per heavy atom. The lowest BCUT2D eigenvalue weighted by Gasteiger charge is -2.12. The molecule has 1 aliphatic rings. The normalized spacial score (nSPS) is 18.1. The molecule has 0 saturated heterocycles. The van der Waals surface area contributed by atoms with E-state index in [2.05, 4.69) is 43.4 Å². The molecule has 0 spiro atoms. The molecule has 76 valence electrons. The molecule has 1 heteroatoms. The third-order valence-electron chi connectivity index (χ3n) is 3.00. The summed E-state index contributed by atoms with van der Waals surface area (Å²) in [7, 11) is 0. The Morgan fingerprint density at radius 1 is 1.29 bits per heavy atom. The summed E-state index contributed by atoms with van der Waals surface area (Å²) in [6.45, 7) is 5.40. The van der Waals surface area contributed by atoms with Gasteiger partial charge >= 0.3 is 0 Å². The van der Waals surface area contributed by atoms with Crippen molar-refractivity contribution in [3.05, 3.63) is 35.4 Å². The third-order valence-corrected chi connectivity index (χ3v) is 3.00. The average Bonchev–Trinajstić information content (AvgIpc) is 3.02. The van der Waals surface area contributed by atoms with Crippen LogP contribution in [0.3, 0.4) is 0 Å². The first-order valence-electron chi connectivity index (χ1n) is 5.64. The molecule has 0 amide bonds. The van der Waals surface area contributed by atoms with Gasteiger partial charge in [0.1, 0.15) is 0 Å². The SMILES string of the molecule is CCNC(C)c1ccc(C2CC2)cc1. The third kappa shape index (κ3) is 2.16. The predicted octanol–water partition coefficient (Wildman–Crippen LogP) is 3.23. The van der Waals surface area contributed by atoms with Gasteiger partial charge in [0.25, 0.3) is 0 Å². The number of benzene rings is 1. The van der Waals surface area contributed by atoms with Crippen molar-refractivity contribution < 1.29 is 0 Å². The molecular weight excluding hydrogens is 170 g/mol. The van der Waals surface area contributed by atoms with Gasteiger partial charge in [0, 0.05) is 6.04 Å². The van der Waals surface area contributed by atoms with Crippen LogP contribution in [0.1, 0.15) is 49.8 Å². The maximum atomic E-state index is 3.43. The first kappa shape index (κ1) is 9.72. The van der Waals surface area contributed by atoms with Crippen LogP contribution in [-0.2, 0) is 0 Å². The molecular formula is C13H19N. The Labute approximate surface area is 86.5 Å². The zero-order valence-electron chi connectivity index (χ0n) is 9.09. The van der Waals surface area contributed by atoms with E-state index in [1.165, 1.54) is 24.0 Å². The van der Waals surface area contributed by atoms with Crippen LogP contribution in [0.4, 0.5) is 0 Å². The number of rotatable bonds is 4. The predicted molar refractivity (Wildman–Crippen MR) is 60.5 cm³/mol. The zero-order chi connectivity index (χ0) is 9.97. The van der Waals surface area contributed by atoms with Gasteiger partial charge in [-0.3, -0.25) is 0 Å². The fourth-order valence-electron chi connectivity index (χ4n) is 1.90. The maximum Gasteiger partial charge on any atom is 0.0291 e. The van der Waals surface area contributed by atoms with Gasteiger partial charge in [-0.1, -0.05) is 31.2 Å². The van der Waals surface area contributed by atoms with E-state index < -0.39 is 0 Å². The molecule has 1 atom stereocenters. The van der Waals surface area contributed by atoms with E-state index in [1.807, 2.05) is 0 Å². The number of nitrogens with one attached hydrogen (secondary N) is 1. The molecule has 0 aromatic heterocycles. The fourth-order valence-corrected chi connectivity index (χ4v) is 1.90. The van der Waals surface area contributed by atoms with Crippen LogP contribution in [0.2, 0.25) is 0 Å². The van der Waals surface area contributed by atoms with Crippen molar-refractivity contribution in [3.63, 3.8) is 0 Å². The van der Waals surface area contributed by atoms with Gasteiger partial charge in [-0.25, -0.2) is 0 Å². The summed E-state index contributed by atoms with van der Waals surface area (Å²) in [6.07, 6.45) is 2.78. The molecule has 1 unspecified atom stereocenters. The van der Waals surface area contributed by atoms with E-state index in [-0.39, 0.29) is 0 Å². The summed E-state index contributed by atoms with van der Waals surface area (Å²) in [5.41, 5.74) is 2.92. The van der Waals surface area contributed by atoms with E-state index in [9.17, 15) is 0 Å². The Morgan fingerprint density at radius 3 is 2.43 bits per heavy atom. The lowest BCUT2D eigenvalue weighted by atomic mass is 10.0. The summed E-state index contributed by atoms with van der Waals surface area (Å²) in [5, 5.41) is 3.43. The number of hydrogen-bond acceptors (Lipinski definition) is 1. The largest absolute Gasteiger partial charge is 0.310 e. The van der Waals surface area contributed by atoms with E-state index in [0.29, 0.717) is 6.04 Å². The van der Waals surface area contributed by atoms with Crippen LogP contribution < -0.4 is 5.32 Å². The molecule has 0 heterocycles. The number of hydrogen-bond donors (Lipinski definition) is 1. The lowest BCUT2D eigenvalue weighted by molar-refractivity contribution is 0.598. The summed E-state index contributed by atoms with van der Waals surface area (Å²) in [5.74, 6) is 0.874. The Balaban J connectivity index is 2.04. The highest BCUT2D eigenvalue weighted by molar-refractivity contribution is 5.29. The van der Waals surface area contributed by atoms with Crippen molar-refractivity contribution in [2.45, 2.75) is 38.6 Å². The van der Waals surface area contributed by atoms with E-state index in [4.69, 9.17) is 0 Å². The Bertz CT molecular complexity index is 285. The molecule has 0 aliphatic heterocycles. The van der Waals surface area contributed by atoms with Crippen molar-refractivity contribution in [1.29, 1.82) is 0 Å². The molecule has 1 aromatic rings. The van der Waals surface area contributed by atoms with Crippen LogP contribution in [0.5, 0.6) is 0 Å². The zero-order valence-corrected chi connectivity index (χ0v) is 9.09. The Kier molecular flexibility index (Phi) is 2.87. The first-order chi connectivity index (χ1) is 6.81. The highest BCUT2D eigenvalue weighted by atomic mass is 14.9. The van der Waals surface area contributed by atoms with E-state index >= 15 is 0 Å².